The van der Waals surface area contributed by atoms with Crippen molar-refractivity contribution >= 4 is 29.1 Å². The predicted octanol–water partition coefficient (Wildman–Crippen LogP) is 1.22. The van der Waals surface area contributed by atoms with Crippen molar-refractivity contribution in [3.8, 4) is 0 Å². The molecule has 1 fully saturated rings. The number of nitrogen functional groups attached to an aromatic ring is 1. The van der Waals surface area contributed by atoms with Crippen LogP contribution in [0, 0.1) is 19.8 Å². The van der Waals surface area contributed by atoms with E-state index in [1.165, 1.54) is 4.68 Å². The molecule has 0 saturated heterocycles. The fourth-order valence-electron chi connectivity index (χ4n) is 3.81. The monoisotopic (exact) mass is 420 g/mol. The molecule has 29 heavy (non-hydrogen) atoms. The van der Waals surface area contributed by atoms with Gasteiger partial charge in [-0.15, -0.1) is 11.3 Å². The average molecular weight is 421 g/mol. The lowest BCUT2D eigenvalue weighted by Crippen LogP contribution is -2.43. The number of anilines is 1. The van der Waals surface area contributed by atoms with Crippen LogP contribution in [0.1, 0.15) is 54.2 Å². The minimum absolute atomic E-state index is 0.00957. The number of hydrogen-bond donors (Lipinski definition) is 2. The number of tetrazole rings is 1. The zero-order valence-electron chi connectivity index (χ0n) is 17.3. The van der Waals surface area contributed by atoms with Crippen LogP contribution in [0.5, 0.6) is 0 Å². The van der Waals surface area contributed by atoms with Crippen LogP contribution >= 0.6 is 11.3 Å². The Morgan fingerprint density at radius 1 is 1.31 bits per heavy atom. The van der Waals surface area contributed by atoms with Crippen molar-refractivity contribution in [3.63, 3.8) is 0 Å². The summed E-state index contributed by atoms with van der Waals surface area (Å²) in [5.41, 5.74) is 6.56. The highest BCUT2D eigenvalue weighted by atomic mass is 32.1. The molecule has 2 aromatic rings. The third kappa shape index (κ3) is 4.89. The summed E-state index contributed by atoms with van der Waals surface area (Å²) in [6, 6.07) is 0.00189. The highest BCUT2D eigenvalue weighted by molar-refractivity contribution is 7.11. The molecule has 158 valence electrons. The van der Waals surface area contributed by atoms with Crippen molar-refractivity contribution in [1.29, 1.82) is 0 Å². The second kappa shape index (κ2) is 8.85. The number of aromatic nitrogens is 5. The quantitative estimate of drug-likeness (QED) is 0.718. The maximum atomic E-state index is 13.0. The molecule has 1 aliphatic carbocycles. The molecule has 1 atom stereocenters. The van der Waals surface area contributed by atoms with Gasteiger partial charge in [-0.2, -0.15) is 0 Å². The van der Waals surface area contributed by atoms with E-state index in [9.17, 15) is 9.59 Å². The number of thiazole rings is 1. The van der Waals surface area contributed by atoms with E-state index in [-0.39, 0.29) is 42.3 Å². The van der Waals surface area contributed by atoms with E-state index in [0.29, 0.717) is 0 Å². The van der Waals surface area contributed by atoms with Crippen LogP contribution in [0.2, 0.25) is 0 Å². The maximum absolute atomic E-state index is 13.0. The Hall–Kier alpha value is -2.56. The SMILES string of the molecule is Cc1nc(C(C)N(C)C(=O)C2CCC(NC(=O)Cn3nnnc3N)CC2)c(C)s1. The minimum atomic E-state index is -0.182. The number of aryl methyl sites for hydroxylation is 2. The number of amides is 2. The number of nitrogens with zero attached hydrogens (tertiary/aromatic N) is 6. The summed E-state index contributed by atoms with van der Waals surface area (Å²) in [6.07, 6.45) is 3.04. The summed E-state index contributed by atoms with van der Waals surface area (Å²) < 4.78 is 1.25. The molecule has 0 spiro atoms. The van der Waals surface area contributed by atoms with E-state index in [1.807, 2.05) is 32.7 Å². The molecular formula is C18H28N8O2S. The number of nitrogens with one attached hydrogen (secondary N) is 1. The first-order chi connectivity index (χ1) is 13.8. The Labute approximate surface area is 173 Å². The standard InChI is InChI=1S/C18H28N8O2S/c1-10(16-11(2)29-12(3)20-16)25(4)17(28)13-5-7-14(8-6-13)21-15(27)9-26-18(19)22-23-24-26/h10,13-14H,5-9H2,1-4H3,(H,21,27)(H2,19,22,24). The van der Waals surface area contributed by atoms with Crippen LogP contribution in [0.25, 0.3) is 0 Å². The minimum Gasteiger partial charge on any atom is -0.367 e. The van der Waals surface area contributed by atoms with Crippen molar-refractivity contribution in [1.82, 2.24) is 35.4 Å². The molecule has 1 aliphatic rings. The van der Waals surface area contributed by atoms with Gasteiger partial charge in [0.15, 0.2) is 0 Å². The molecule has 1 saturated carbocycles. The first-order valence-corrected chi connectivity index (χ1v) is 10.6. The first kappa shape index (κ1) is 21.2. The van der Waals surface area contributed by atoms with Crippen LogP contribution in [0.4, 0.5) is 5.95 Å². The van der Waals surface area contributed by atoms with Crippen LogP contribution in [-0.2, 0) is 16.1 Å². The number of rotatable bonds is 6. The van der Waals surface area contributed by atoms with Crippen LogP contribution in [0.15, 0.2) is 0 Å². The molecule has 0 aliphatic heterocycles. The number of carbonyl (C=O) groups excluding carboxylic acids is 2. The molecule has 0 aromatic carbocycles. The zero-order chi connectivity index (χ0) is 21.1. The molecule has 2 amide bonds. The molecule has 0 bridgehead atoms. The summed E-state index contributed by atoms with van der Waals surface area (Å²) in [4.78, 5) is 32.7. The highest BCUT2D eigenvalue weighted by Gasteiger charge is 2.31. The third-order valence-electron chi connectivity index (χ3n) is 5.56. The van der Waals surface area contributed by atoms with Crippen molar-refractivity contribution < 1.29 is 9.59 Å². The lowest BCUT2D eigenvalue weighted by atomic mass is 9.85. The van der Waals surface area contributed by atoms with Gasteiger partial charge in [-0.05, 0) is 56.9 Å². The molecule has 2 aromatic heterocycles. The Kier molecular flexibility index (Phi) is 6.46. The molecule has 10 nitrogen and oxygen atoms in total. The molecule has 3 rings (SSSR count). The molecule has 3 N–H and O–H groups in total. The van der Waals surface area contributed by atoms with E-state index in [1.54, 1.807) is 11.3 Å². The van der Waals surface area contributed by atoms with Gasteiger partial charge in [0.25, 0.3) is 0 Å². The maximum Gasteiger partial charge on any atom is 0.242 e. The van der Waals surface area contributed by atoms with Gasteiger partial charge in [-0.1, -0.05) is 5.10 Å². The predicted molar refractivity (Wildman–Crippen MR) is 109 cm³/mol. The Morgan fingerprint density at radius 3 is 2.55 bits per heavy atom. The van der Waals surface area contributed by atoms with Gasteiger partial charge in [-0.3, -0.25) is 9.59 Å². The Balaban J connectivity index is 1.49. The van der Waals surface area contributed by atoms with Crippen LogP contribution < -0.4 is 11.1 Å². The van der Waals surface area contributed by atoms with Gasteiger partial charge in [0, 0.05) is 23.9 Å². The summed E-state index contributed by atoms with van der Waals surface area (Å²) in [6.45, 7) is 6.05. The summed E-state index contributed by atoms with van der Waals surface area (Å²) in [5, 5.41) is 14.7. The second-order valence-corrected chi connectivity index (χ2v) is 9.02. The molecular weight excluding hydrogens is 392 g/mol. The van der Waals surface area contributed by atoms with E-state index in [2.05, 4.69) is 25.8 Å². The van der Waals surface area contributed by atoms with Gasteiger partial charge < -0.3 is 16.0 Å². The normalized spacial score (nSPS) is 20.3. The summed E-state index contributed by atoms with van der Waals surface area (Å²) in [5.74, 6) is 0.0515. The number of nitrogens with two attached hydrogens (primary N) is 1. The van der Waals surface area contributed by atoms with Gasteiger partial charge in [0.1, 0.15) is 6.54 Å². The van der Waals surface area contributed by atoms with Crippen molar-refractivity contribution in [2.75, 3.05) is 12.8 Å². The topological polar surface area (TPSA) is 132 Å². The molecule has 11 heteroatoms. The van der Waals surface area contributed by atoms with Crippen molar-refractivity contribution in [2.45, 2.75) is 65.1 Å². The molecule has 2 heterocycles. The largest absolute Gasteiger partial charge is 0.367 e. The number of carbonyl (C=O) groups is 2. The second-order valence-electron chi connectivity index (χ2n) is 7.61. The average Bonchev–Trinajstić information content (AvgIpc) is 3.24. The Bertz CT molecular complexity index is 871. The number of hydrogen-bond acceptors (Lipinski definition) is 8. The zero-order valence-corrected chi connectivity index (χ0v) is 18.1. The van der Waals surface area contributed by atoms with E-state index >= 15 is 0 Å². The fourth-order valence-corrected chi connectivity index (χ4v) is 4.72. The summed E-state index contributed by atoms with van der Waals surface area (Å²) in [7, 11) is 1.85. The smallest absolute Gasteiger partial charge is 0.242 e. The lowest BCUT2D eigenvalue weighted by molar-refractivity contribution is -0.137. The van der Waals surface area contributed by atoms with Gasteiger partial charge in [0.05, 0.1) is 16.7 Å². The van der Waals surface area contributed by atoms with E-state index in [4.69, 9.17) is 5.73 Å². The van der Waals surface area contributed by atoms with Crippen molar-refractivity contribution in [3.05, 3.63) is 15.6 Å². The van der Waals surface area contributed by atoms with Crippen LogP contribution in [0.3, 0.4) is 0 Å². The van der Waals surface area contributed by atoms with E-state index in [0.717, 1.165) is 41.3 Å². The van der Waals surface area contributed by atoms with Gasteiger partial charge in [-0.25, -0.2) is 9.67 Å². The first-order valence-electron chi connectivity index (χ1n) is 9.77. The van der Waals surface area contributed by atoms with Crippen molar-refractivity contribution in [2.24, 2.45) is 5.92 Å². The fraction of sp³-hybridized carbons (Fsp3) is 0.667. The lowest BCUT2D eigenvalue weighted by Gasteiger charge is -2.33. The molecule has 1 unspecified atom stereocenters. The summed E-state index contributed by atoms with van der Waals surface area (Å²) >= 11 is 1.66. The van der Waals surface area contributed by atoms with E-state index < -0.39 is 0 Å². The third-order valence-corrected chi connectivity index (χ3v) is 6.46. The molecule has 0 radical (unpaired) electrons. The highest BCUT2D eigenvalue weighted by Crippen LogP contribution is 2.31. The Morgan fingerprint density at radius 2 is 2.00 bits per heavy atom. The van der Waals surface area contributed by atoms with Crippen LogP contribution in [-0.4, -0.2) is 55.0 Å². The van der Waals surface area contributed by atoms with Gasteiger partial charge in [0.2, 0.25) is 17.8 Å². The van der Waals surface area contributed by atoms with Gasteiger partial charge >= 0.3 is 0 Å².